The number of thiocarbonyl (C=S) groups is 1. The average molecular weight is 421 g/mol. The molecule has 1 amide bonds. The summed E-state index contributed by atoms with van der Waals surface area (Å²) in [5, 5.41) is 2.83. The Labute approximate surface area is 172 Å². The van der Waals surface area contributed by atoms with E-state index in [0.717, 1.165) is 48.8 Å². The van der Waals surface area contributed by atoms with E-state index >= 15 is 0 Å². The molecule has 0 atom stereocenters. The SMILES string of the molecule is O=C(Oc1cc(F)ccc1C=C1SC(N2CCCCN2)=NC1=S)N1CCCC1. The number of carbonyl (C=O) groups excluding carboxylic acids is 1. The molecule has 0 spiro atoms. The van der Waals surface area contributed by atoms with Crippen molar-refractivity contribution in [1.82, 2.24) is 15.3 Å². The van der Waals surface area contributed by atoms with Crippen molar-refractivity contribution in [3.63, 3.8) is 0 Å². The van der Waals surface area contributed by atoms with Crippen LogP contribution in [0.15, 0.2) is 28.1 Å². The van der Waals surface area contributed by atoms with Gasteiger partial charge in [-0.1, -0.05) is 12.2 Å². The summed E-state index contributed by atoms with van der Waals surface area (Å²) in [6.07, 6.45) is 5.53. The monoisotopic (exact) mass is 420 g/mol. The number of hydrogen-bond acceptors (Lipinski definition) is 6. The second kappa shape index (κ2) is 8.59. The quantitative estimate of drug-likeness (QED) is 0.580. The highest BCUT2D eigenvalue weighted by atomic mass is 32.2. The van der Waals surface area contributed by atoms with Gasteiger partial charge in [-0.3, -0.25) is 5.01 Å². The largest absolute Gasteiger partial charge is 0.415 e. The first-order valence-electron chi connectivity index (χ1n) is 9.40. The molecule has 0 aromatic heterocycles. The lowest BCUT2D eigenvalue weighted by Crippen LogP contribution is -2.45. The Balaban J connectivity index is 1.52. The zero-order valence-electron chi connectivity index (χ0n) is 15.3. The van der Waals surface area contributed by atoms with Crippen LogP contribution < -0.4 is 10.2 Å². The molecule has 3 aliphatic heterocycles. The third-order valence-corrected chi connectivity index (χ3v) is 6.24. The smallest absolute Gasteiger partial charge is 0.409 e. The molecule has 9 heteroatoms. The van der Waals surface area contributed by atoms with Gasteiger partial charge in [0.2, 0.25) is 0 Å². The van der Waals surface area contributed by atoms with Crippen LogP contribution in [0.1, 0.15) is 31.2 Å². The summed E-state index contributed by atoms with van der Waals surface area (Å²) in [6, 6.07) is 4.17. The maximum absolute atomic E-state index is 13.8. The van der Waals surface area contributed by atoms with Crippen LogP contribution in [0, 0.1) is 5.82 Å². The molecular formula is C19H21FN4O2S2. The number of ether oxygens (including phenoxy) is 1. The van der Waals surface area contributed by atoms with E-state index in [2.05, 4.69) is 10.4 Å². The van der Waals surface area contributed by atoms with Gasteiger partial charge in [-0.05, 0) is 55.7 Å². The van der Waals surface area contributed by atoms with Gasteiger partial charge in [0.15, 0.2) is 5.17 Å². The number of hydrazine groups is 1. The predicted molar refractivity (Wildman–Crippen MR) is 113 cm³/mol. The maximum atomic E-state index is 13.8. The Kier molecular flexibility index (Phi) is 5.93. The van der Waals surface area contributed by atoms with Gasteiger partial charge < -0.3 is 9.64 Å². The number of halogens is 1. The van der Waals surface area contributed by atoms with E-state index in [0.29, 0.717) is 23.6 Å². The number of amides is 1. The van der Waals surface area contributed by atoms with Crippen molar-refractivity contribution in [3.05, 3.63) is 34.5 Å². The highest BCUT2D eigenvalue weighted by Crippen LogP contribution is 2.33. The molecule has 1 N–H and O–H groups in total. The zero-order chi connectivity index (χ0) is 19.5. The number of thioether (sulfide) groups is 1. The summed E-state index contributed by atoms with van der Waals surface area (Å²) in [7, 11) is 0. The molecule has 3 aliphatic rings. The molecule has 1 aromatic carbocycles. The van der Waals surface area contributed by atoms with Crippen LogP contribution in [0.4, 0.5) is 9.18 Å². The van der Waals surface area contributed by atoms with Gasteiger partial charge in [0.05, 0.1) is 4.91 Å². The van der Waals surface area contributed by atoms with Crippen molar-refractivity contribution in [2.75, 3.05) is 26.2 Å². The molecule has 0 bridgehead atoms. The summed E-state index contributed by atoms with van der Waals surface area (Å²) in [5.41, 5.74) is 3.91. The molecule has 0 radical (unpaired) electrons. The van der Waals surface area contributed by atoms with Gasteiger partial charge in [-0.15, -0.1) is 0 Å². The van der Waals surface area contributed by atoms with Gasteiger partial charge in [0.1, 0.15) is 16.6 Å². The molecule has 4 rings (SSSR count). The Hall–Kier alpha value is -1.97. The Morgan fingerprint density at radius 1 is 1.25 bits per heavy atom. The van der Waals surface area contributed by atoms with E-state index in [4.69, 9.17) is 17.0 Å². The van der Waals surface area contributed by atoms with Crippen molar-refractivity contribution < 1.29 is 13.9 Å². The Morgan fingerprint density at radius 2 is 2.04 bits per heavy atom. The summed E-state index contributed by atoms with van der Waals surface area (Å²) in [5.74, 6) is -0.264. The van der Waals surface area contributed by atoms with E-state index in [1.54, 1.807) is 17.0 Å². The van der Waals surface area contributed by atoms with Crippen LogP contribution in [0.2, 0.25) is 0 Å². The molecule has 148 valence electrons. The Morgan fingerprint density at radius 3 is 2.79 bits per heavy atom. The number of hydrogen-bond donors (Lipinski definition) is 1. The lowest BCUT2D eigenvalue weighted by molar-refractivity contribution is 0.162. The number of benzene rings is 1. The van der Waals surface area contributed by atoms with Crippen molar-refractivity contribution in [1.29, 1.82) is 0 Å². The fourth-order valence-electron chi connectivity index (χ4n) is 3.28. The fourth-order valence-corrected chi connectivity index (χ4v) is 4.53. The number of carbonyl (C=O) groups is 1. The normalized spacial score (nSPS) is 21.4. The standard InChI is InChI=1S/C19H21FN4O2S2/c20-14-6-5-13(15(12-14)26-19(25)23-8-3-4-9-23)11-16-17(27)22-18(28-16)24-10-2-1-7-21-24/h5-6,11-12,21H,1-4,7-10H2. The first-order chi connectivity index (χ1) is 13.6. The Bertz CT molecular complexity index is 846. The number of amidine groups is 1. The molecule has 0 unspecified atom stereocenters. The lowest BCUT2D eigenvalue weighted by Gasteiger charge is -2.28. The van der Waals surface area contributed by atoms with E-state index in [9.17, 15) is 9.18 Å². The summed E-state index contributed by atoms with van der Waals surface area (Å²) in [6.45, 7) is 3.14. The summed E-state index contributed by atoms with van der Waals surface area (Å²) >= 11 is 6.88. The molecule has 2 fully saturated rings. The molecule has 28 heavy (non-hydrogen) atoms. The van der Waals surface area contributed by atoms with Gasteiger partial charge >= 0.3 is 6.09 Å². The minimum absolute atomic E-state index is 0.192. The van der Waals surface area contributed by atoms with Crippen LogP contribution in [-0.4, -0.2) is 52.3 Å². The third-order valence-electron chi connectivity index (χ3n) is 4.78. The van der Waals surface area contributed by atoms with Crippen LogP contribution in [0.5, 0.6) is 5.75 Å². The number of nitrogens with one attached hydrogen (secondary N) is 1. The van der Waals surface area contributed by atoms with Crippen LogP contribution in [0.25, 0.3) is 6.08 Å². The van der Waals surface area contributed by atoms with E-state index in [1.165, 1.54) is 23.9 Å². The number of rotatable bonds is 2. The topological polar surface area (TPSA) is 57.2 Å². The fraction of sp³-hybridized carbons (Fsp3) is 0.421. The molecule has 0 aliphatic carbocycles. The second-order valence-corrected chi connectivity index (χ2v) is 8.22. The summed E-state index contributed by atoms with van der Waals surface area (Å²) in [4.78, 5) is 19.7. The number of aliphatic imine (C=N–C) groups is 1. The van der Waals surface area contributed by atoms with Crippen LogP contribution in [0.3, 0.4) is 0 Å². The van der Waals surface area contributed by atoms with E-state index in [-0.39, 0.29) is 5.75 Å². The summed E-state index contributed by atoms with van der Waals surface area (Å²) < 4.78 is 19.3. The number of nitrogens with zero attached hydrogens (tertiary/aromatic N) is 3. The zero-order valence-corrected chi connectivity index (χ0v) is 17.0. The molecule has 0 saturated carbocycles. The van der Waals surface area contributed by atoms with Crippen molar-refractivity contribution in [2.24, 2.45) is 4.99 Å². The predicted octanol–water partition coefficient (Wildman–Crippen LogP) is 3.79. The van der Waals surface area contributed by atoms with Crippen LogP contribution >= 0.6 is 24.0 Å². The molecule has 1 aromatic rings. The first kappa shape index (κ1) is 19.4. The second-order valence-electron chi connectivity index (χ2n) is 6.82. The van der Waals surface area contributed by atoms with Crippen LogP contribution in [-0.2, 0) is 0 Å². The first-order valence-corrected chi connectivity index (χ1v) is 10.6. The lowest BCUT2D eigenvalue weighted by atomic mass is 10.2. The van der Waals surface area contributed by atoms with Gasteiger partial charge in [0.25, 0.3) is 0 Å². The highest BCUT2D eigenvalue weighted by Gasteiger charge is 2.26. The van der Waals surface area contributed by atoms with Crippen molar-refractivity contribution >= 4 is 46.3 Å². The van der Waals surface area contributed by atoms with Gasteiger partial charge in [0, 0.05) is 37.8 Å². The molecule has 2 saturated heterocycles. The van der Waals surface area contributed by atoms with Gasteiger partial charge in [-0.25, -0.2) is 19.6 Å². The van der Waals surface area contributed by atoms with E-state index < -0.39 is 11.9 Å². The van der Waals surface area contributed by atoms with Gasteiger partial charge in [-0.2, -0.15) is 0 Å². The molecular weight excluding hydrogens is 399 g/mol. The minimum Gasteiger partial charge on any atom is -0.409 e. The highest BCUT2D eigenvalue weighted by molar-refractivity contribution is 8.19. The average Bonchev–Trinajstić information content (AvgIpc) is 3.35. The van der Waals surface area contributed by atoms with E-state index in [1.807, 2.05) is 5.01 Å². The van der Waals surface area contributed by atoms with Crippen molar-refractivity contribution in [2.45, 2.75) is 25.7 Å². The number of likely N-dealkylation sites (tertiary alicyclic amines) is 1. The molecule has 6 nitrogen and oxygen atoms in total. The third kappa shape index (κ3) is 4.37. The molecule has 3 heterocycles. The van der Waals surface area contributed by atoms with Crippen molar-refractivity contribution in [3.8, 4) is 5.75 Å². The minimum atomic E-state index is -0.456. The maximum Gasteiger partial charge on any atom is 0.415 e.